The summed E-state index contributed by atoms with van der Waals surface area (Å²) in [6.07, 6.45) is 1.47. The van der Waals surface area contributed by atoms with Gasteiger partial charge in [-0.15, -0.1) is 5.10 Å². The van der Waals surface area contributed by atoms with Crippen molar-refractivity contribution in [1.29, 1.82) is 0 Å². The minimum atomic E-state index is -0.284. The van der Waals surface area contributed by atoms with Crippen molar-refractivity contribution in [3.05, 3.63) is 84.7 Å². The van der Waals surface area contributed by atoms with Gasteiger partial charge >= 0.3 is 0 Å². The van der Waals surface area contributed by atoms with E-state index in [4.69, 9.17) is 0 Å². The van der Waals surface area contributed by atoms with Crippen LogP contribution in [0.5, 0.6) is 0 Å². The van der Waals surface area contributed by atoms with E-state index in [-0.39, 0.29) is 11.6 Å². The SMILES string of the molecule is O=C(Nc1cccc2ccccc12)c1cnn(-c2ccccc2)n1. The molecular weight excluding hydrogens is 300 g/mol. The summed E-state index contributed by atoms with van der Waals surface area (Å²) in [5, 5.41) is 13.4. The average Bonchev–Trinajstić information content (AvgIpc) is 3.13. The highest BCUT2D eigenvalue weighted by Gasteiger charge is 2.13. The second kappa shape index (κ2) is 5.96. The molecule has 5 heteroatoms. The largest absolute Gasteiger partial charge is 0.320 e. The van der Waals surface area contributed by atoms with Crippen molar-refractivity contribution in [2.24, 2.45) is 0 Å². The molecule has 0 unspecified atom stereocenters. The summed E-state index contributed by atoms with van der Waals surface area (Å²) < 4.78 is 0. The van der Waals surface area contributed by atoms with E-state index in [1.54, 1.807) is 0 Å². The molecule has 0 saturated carbocycles. The van der Waals surface area contributed by atoms with Gasteiger partial charge in [0.1, 0.15) is 0 Å². The molecule has 1 amide bonds. The van der Waals surface area contributed by atoms with E-state index in [1.807, 2.05) is 72.8 Å². The predicted molar refractivity (Wildman–Crippen MR) is 93.3 cm³/mol. The van der Waals surface area contributed by atoms with Crippen molar-refractivity contribution in [3.63, 3.8) is 0 Å². The summed E-state index contributed by atoms with van der Waals surface area (Å²) in [6, 6.07) is 23.2. The van der Waals surface area contributed by atoms with Gasteiger partial charge < -0.3 is 5.32 Å². The topological polar surface area (TPSA) is 59.8 Å². The van der Waals surface area contributed by atoms with Crippen molar-refractivity contribution in [2.45, 2.75) is 0 Å². The summed E-state index contributed by atoms with van der Waals surface area (Å²) in [5.41, 5.74) is 1.83. The lowest BCUT2D eigenvalue weighted by atomic mass is 10.1. The van der Waals surface area contributed by atoms with Gasteiger partial charge in [-0.2, -0.15) is 9.90 Å². The quantitative estimate of drug-likeness (QED) is 0.627. The second-order valence-corrected chi connectivity index (χ2v) is 5.34. The molecule has 24 heavy (non-hydrogen) atoms. The van der Waals surface area contributed by atoms with Crippen LogP contribution >= 0.6 is 0 Å². The molecule has 0 bridgehead atoms. The zero-order valence-electron chi connectivity index (χ0n) is 12.8. The highest BCUT2D eigenvalue weighted by Crippen LogP contribution is 2.23. The molecule has 5 nitrogen and oxygen atoms in total. The number of amides is 1. The number of fused-ring (bicyclic) bond motifs is 1. The molecule has 3 aromatic carbocycles. The normalized spacial score (nSPS) is 10.7. The Morgan fingerprint density at radius 3 is 2.50 bits per heavy atom. The van der Waals surface area contributed by atoms with Gasteiger partial charge in [-0.3, -0.25) is 4.79 Å². The lowest BCUT2D eigenvalue weighted by Crippen LogP contribution is -2.13. The predicted octanol–water partition coefficient (Wildman–Crippen LogP) is 3.67. The Balaban J connectivity index is 1.62. The second-order valence-electron chi connectivity index (χ2n) is 5.34. The van der Waals surface area contributed by atoms with Crippen molar-refractivity contribution in [1.82, 2.24) is 15.0 Å². The van der Waals surface area contributed by atoms with Gasteiger partial charge in [0.25, 0.3) is 5.91 Å². The number of anilines is 1. The maximum absolute atomic E-state index is 12.5. The molecule has 0 atom stereocenters. The van der Waals surface area contributed by atoms with Crippen LogP contribution in [0, 0.1) is 0 Å². The molecule has 0 saturated heterocycles. The minimum absolute atomic E-state index is 0.270. The van der Waals surface area contributed by atoms with Gasteiger partial charge in [0.15, 0.2) is 5.69 Å². The van der Waals surface area contributed by atoms with Crippen molar-refractivity contribution in [2.75, 3.05) is 5.32 Å². The fourth-order valence-corrected chi connectivity index (χ4v) is 2.57. The van der Waals surface area contributed by atoms with Crippen LogP contribution in [0.1, 0.15) is 10.5 Å². The number of nitrogens with zero attached hydrogens (tertiary/aromatic N) is 3. The van der Waals surface area contributed by atoms with Gasteiger partial charge in [-0.25, -0.2) is 0 Å². The van der Waals surface area contributed by atoms with Crippen LogP contribution in [0.4, 0.5) is 5.69 Å². The maximum Gasteiger partial charge on any atom is 0.277 e. The minimum Gasteiger partial charge on any atom is -0.320 e. The molecule has 0 aliphatic rings. The number of hydrogen-bond acceptors (Lipinski definition) is 3. The van der Waals surface area contributed by atoms with Crippen LogP contribution in [0.3, 0.4) is 0 Å². The summed E-state index contributed by atoms with van der Waals surface area (Å²) in [6.45, 7) is 0. The third-order valence-electron chi connectivity index (χ3n) is 3.75. The molecule has 0 spiro atoms. The van der Waals surface area contributed by atoms with Gasteiger partial charge in [-0.1, -0.05) is 54.6 Å². The Labute approximate surface area is 138 Å². The third kappa shape index (κ3) is 2.63. The van der Waals surface area contributed by atoms with Gasteiger partial charge in [-0.05, 0) is 23.6 Å². The number of benzene rings is 3. The number of nitrogens with one attached hydrogen (secondary N) is 1. The Morgan fingerprint density at radius 2 is 1.62 bits per heavy atom. The highest BCUT2D eigenvalue weighted by molar-refractivity contribution is 6.08. The van der Waals surface area contributed by atoms with E-state index < -0.39 is 0 Å². The Kier molecular flexibility index (Phi) is 3.51. The monoisotopic (exact) mass is 314 g/mol. The molecular formula is C19H14N4O. The van der Waals surface area contributed by atoms with Crippen molar-refractivity contribution < 1.29 is 4.79 Å². The first kappa shape index (κ1) is 14.1. The number of carbonyl (C=O) groups is 1. The molecule has 0 aliphatic heterocycles. The number of hydrogen-bond donors (Lipinski definition) is 1. The molecule has 0 aliphatic carbocycles. The van der Waals surface area contributed by atoms with Gasteiger partial charge in [0.2, 0.25) is 0 Å². The lowest BCUT2D eigenvalue weighted by Gasteiger charge is -2.07. The molecule has 1 heterocycles. The van der Waals surface area contributed by atoms with Crippen molar-refractivity contribution >= 4 is 22.4 Å². The Morgan fingerprint density at radius 1 is 0.875 bits per heavy atom. The summed E-state index contributed by atoms with van der Waals surface area (Å²) in [5.74, 6) is -0.284. The standard InChI is InChI=1S/C19H14N4O/c24-19(18-13-20-23(22-18)15-9-2-1-3-10-15)21-17-12-6-8-14-7-4-5-11-16(14)17/h1-13H,(H,21,24). The number of aromatic nitrogens is 3. The fraction of sp³-hybridized carbons (Fsp3) is 0. The molecule has 4 aromatic rings. The first-order valence-corrected chi connectivity index (χ1v) is 7.58. The lowest BCUT2D eigenvalue weighted by molar-refractivity contribution is 0.102. The zero-order valence-corrected chi connectivity index (χ0v) is 12.8. The zero-order chi connectivity index (χ0) is 16.4. The van der Waals surface area contributed by atoms with Crippen LogP contribution in [0.25, 0.3) is 16.5 Å². The van der Waals surface area contributed by atoms with Crippen LogP contribution in [-0.2, 0) is 0 Å². The van der Waals surface area contributed by atoms with E-state index in [0.717, 1.165) is 22.1 Å². The smallest absolute Gasteiger partial charge is 0.277 e. The number of rotatable bonds is 3. The van der Waals surface area contributed by atoms with E-state index >= 15 is 0 Å². The van der Waals surface area contributed by atoms with Crippen LogP contribution < -0.4 is 5.32 Å². The van der Waals surface area contributed by atoms with Gasteiger partial charge in [0.05, 0.1) is 11.9 Å². The van der Waals surface area contributed by atoms with Crippen LogP contribution in [0.2, 0.25) is 0 Å². The molecule has 1 aromatic heterocycles. The fourth-order valence-electron chi connectivity index (χ4n) is 2.57. The maximum atomic E-state index is 12.5. The highest BCUT2D eigenvalue weighted by atomic mass is 16.2. The number of para-hydroxylation sites is 1. The Bertz CT molecular complexity index is 1000. The summed E-state index contributed by atoms with van der Waals surface area (Å²) in [7, 11) is 0. The molecule has 116 valence electrons. The van der Waals surface area contributed by atoms with E-state index in [2.05, 4.69) is 15.5 Å². The molecule has 4 rings (SSSR count). The van der Waals surface area contributed by atoms with E-state index in [0.29, 0.717) is 0 Å². The van der Waals surface area contributed by atoms with E-state index in [9.17, 15) is 4.79 Å². The van der Waals surface area contributed by atoms with Crippen LogP contribution in [-0.4, -0.2) is 20.9 Å². The summed E-state index contributed by atoms with van der Waals surface area (Å²) in [4.78, 5) is 13.9. The molecule has 1 N–H and O–H groups in total. The molecule has 0 radical (unpaired) electrons. The number of carbonyl (C=O) groups excluding carboxylic acids is 1. The van der Waals surface area contributed by atoms with E-state index in [1.165, 1.54) is 11.0 Å². The van der Waals surface area contributed by atoms with Crippen molar-refractivity contribution in [3.8, 4) is 5.69 Å². The van der Waals surface area contributed by atoms with Crippen LogP contribution in [0.15, 0.2) is 79.0 Å². The molecule has 0 fully saturated rings. The summed E-state index contributed by atoms with van der Waals surface area (Å²) >= 11 is 0. The van der Waals surface area contributed by atoms with Gasteiger partial charge in [0, 0.05) is 11.1 Å². The first-order valence-electron chi connectivity index (χ1n) is 7.58. The first-order chi connectivity index (χ1) is 11.8. The Hall–Kier alpha value is -3.47. The average molecular weight is 314 g/mol. The third-order valence-corrected chi connectivity index (χ3v) is 3.75.